The van der Waals surface area contributed by atoms with E-state index in [4.69, 9.17) is 11.6 Å². The van der Waals surface area contributed by atoms with E-state index in [-0.39, 0.29) is 0 Å². The van der Waals surface area contributed by atoms with Gasteiger partial charge in [0.1, 0.15) is 0 Å². The van der Waals surface area contributed by atoms with Crippen molar-refractivity contribution in [3.63, 3.8) is 0 Å². The fraction of sp³-hybridized carbons (Fsp3) is 0. The van der Waals surface area contributed by atoms with Crippen LogP contribution in [0, 0.1) is 0 Å². The van der Waals surface area contributed by atoms with Gasteiger partial charge in [-0.25, -0.2) is 0 Å². The largest absolute Gasteiger partial charge is 0.261 e. The molecule has 0 aliphatic rings. The molecule has 0 saturated carbocycles. The first-order valence-electron chi connectivity index (χ1n) is 3.88. The zero-order chi connectivity index (χ0) is 9.10. The summed E-state index contributed by atoms with van der Waals surface area (Å²) in [5, 5.41) is 0.729. The Bertz CT molecular complexity index is 383. The molecule has 0 saturated heterocycles. The number of aromatic nitrogens is 2. The van der Waals surface area contributed by atoms with Crippen LogP contribution in [0.1, 0.15) is 0 Å². The van der Waals surface area contributed by atoms with Crippen LogP contribution < -0.4 is 0 Å². The lowest BCUT2D eigenvalue weighted by Gasteiger charge is -1.98. The fourth-order valence-electron chi connectivity index (χ4n) is 1.07. The van der Waals surface area contributed by atoms with Crippen molar-refractivity contribution < 1.29 is 0 Å². The zero-order valence-electron chi connectivity index (χ0n) is 6.81. The second-order valence-electron chi connectivity index (χ2n) is 2.60. The van der Waals surface area contributed by atoms with Gasteiger partial charge in [-0.3, -0.25) is 9.97 Å². The van der Waals surface area contributed by atoms with Gasteiger partial charge in [-0.05, 0) is 12.1 Å². The first-order valence-corrected chi connectivity index (χ1v) is 4.26. The molecule has 13 heavy (non-hydrogen) atoms. The van der Waals surface area contributed by atoms with Crippen LogP contribution in [0.5, 0.6) is 0 Å². The molecule has 2 aromatic rings. The summed E-state index contributed by atoms with van der Waals surface area (Å²) in [5.41, 5.74) is 1.89. The van der Waals surface area contributed by atoms with Gasteiger partial charge in [-0.1, -0.05) is 23.7 Å². The molecule has 0 aliphatic carbocycles. The predicted octanol–water partition coefficient (Wildman–Crippen LogP) is 2.80. The number of hydrogen-bond acceptors (Lipinski definition) is 2. The van der Waals surface area contributed by atoms with Crippen LogP contribution in [-0.4, -0.2) is 9.97 Å². The highest BCUT2D eigenvalue weighted by Gasteiger charge is 1.96. The number of benzene rings is 1. The van der Waals surface area contributed by atoms with E-state index in [0.29, 0.717) is 0 Å². The second-order valence-corrected chi connectivity index (χ2v) is 3.03. The molecule has 0 spiro atoms. The number of nitrogens with zero attached hydrogens (tertiary/aromatic N) is 2. The molecule has 0 bridgehead atoms. The van der Waals surface area contributed by atoms with Crippen molar-refractivity contribution in [1.29, 1.82) is 0 Å². The van der Waals surface area contributed by atoms with Gasteiger partial charge in [0, 0.05) is 23.0 Å². The van der Waals surface area contributed by atoms with Crippen LogP contribution in [-0.2, 0) is 0 Å². The third-order valence-corrected chi connectivity index (χ3v) is 1.96. The van der Waals surface area contributed by atoms with E-state index in [9.17, 15) is 0 Å². The predicted molar refractivity (Wildman–Crippen MR) is 52.5 cm³/mol. The Morgan fingerprint density at radius 2 is 1.77 bits per heavy atom. The Labute approximate surface area is 81.2 Å². The Hall–Kier alpha value is -1.41. The molecule has 0 N–H and O–H groups in total. The molecule has 64 valence electrons. The molecular weight excluding hydrogens is 184 g/mol. The molecule has 0 amide bonds. The minimum atomic E-state index is 0.729. The average molecular weight is 191 g/mol. The Balaban J connectivity index is 2.42. The molecule has 0 fully saturated rings. The third-order valence-electron chi connectivity index (χ3n) is 1.70. The second kappa shape index (κ2) is 3.54. The van der Waals surface area contributed by atoms with Crippen molar-refractivity contribution in [1.82, 2.24) is 9.97 Å². The molecule has 0 atom stereocenters. The van der Waals surface area contributed by atoms with E-state index in [1.807, 2.05) is 24.3 Å². The van der Waals surface area contributed by atoms with Crippen molar-refractivity contribution in [3.8, 4) is 11.3 Å². The van der Waals surface area contributed by atoms with E-state index < -0.39 is 0 Å². The summed E-state index contributed by atoms with van der Waals surface area (Å²) in [5.74, 6) is 0. The van der Waals surface area contributed by atoms with Crippen LogP contribution in [0.25, 0.3) is 11.3 Å². The molecule has 1 aromatic heterocycles. The number of halogens is 1. The van der Waals surface area contributed by atoms with Gasteiger partial charge in [0.15, 0.2) is 0 Å². The Morgan fingerprint density at radius 3 is 2.38 bits per heavy atom. The maximum atomic E-state index is 5.76. The highest BCUT2D eigenvalue weighted by Crippen LogP contribution is 2.17. The summed E-state index contributed by atoms with van der Waals surface area (Å²) in [6.45, 7) is 0. The quantitative estimate of drug-likeness (QED) is 0.691. The van der Waals surface area contributed by atoms with Gasteiger partial charge in [0.25, 0.3) is 0 Å². The molecular formula is C10H7ClN2. The van der Waals surface area contributed by atoms with Crippen molar-refractivity contribution in [2.45, 2.75) is 0 Å². The first kappa shape index (κ1) is 8.20. The van der Waals surface area contributed by atoms with Crippen molar-refractivity contribution in [2.24, 2.45) is 0 Å². The van der Waals surface area contributed by atoms with Gasteiger partial charge in [-0.2, -0.15) is 0 Å². The van der Waals surface area contributed by atoms with Crippen LogP contribution in [0.3, 0.4) is 0 Å². The normalized spacial score (nSPS) is 9.92. The minimum absolute atomic E-state index is 0.729. The molecule has 0 aliphatic heterocycles. The number of hydrogen-bond donors (Lipinski definition) is 0. The topological polar surface area (TPSA) is 25.8 Å². The monoisotopic (exact) mass is 190 g/mol. The summed E-state index contributed by atoms with van der Waals surface area (Å²) < 4.78 is 0. The third kappa shape index (κ3) is 1.84. The van der Waals surface area contributed by atoms with Gasteiger partial charge < -0.3 is 0 Å². The van der Waals surface area contributed by atoms with Crippen LogP contribution >= 0.6 is 11.6 Å². The first-order chi connectivity index (χ1) is 6.36. The van der Waals surface area contributed by atoms with Gasteiger partial charge in [0.05, 0.1) is 11.9 Å². The van der Waals surface area contributed by atoms with Gasteiger partial charge in [-0.15, -0.1) is 0 Å². The Kier molecular flexibility index (Phi) is 2.23. The summed E-state index contributed by atoms with van der Waals surface area (Å²) in [4.78, 5) is 8.16. The average Bonchev–Trinajstić information content (AvgIpc) is 2.20. The smallest absolute Gasteiger partial charge is 0.0885 e. The van der Waals surface area contributed by atoms with Crippen molar-refractivity contribution in [2.75, 3.05) is 0 Å². The lowest BCUT2D eigenvalue weighted by atomic mass is 10.2. The van der Waals surface area contributed by atoms with Crippen LogP contribution in [0.15, 0.2) is 42.9 Å². The fourth-order valence-corrected chi connectivity index (χ4v) is 1.19. The lowest BCUT2D eigenvalue weighted by Crippen LogP contribution is -1.82. The summed E-state index contributed by atoms with van der Waals surface area (Å²) in [6, 6.07) is 7.52. The summed E-state index contributed by atoms with van der Waals surface area (Å²) in [7, 11) is 0. The highest BCUT2D eigenvalue weighted by atomic mass is 35.5. The van der Waals surface area contributed by atoms with Gasteiger partial charge in [0.2, 0.25) is 0 Å². The van der Waals surface area contributed by atoms with Crippen molar-refractivity contribution >= 4 is 11.6 Å². The highest BCUT2D eigenvalue weighted by molar-refractivity contribution is 6.30. The molecule has 2 nitrogen and oxygen atoms in total. The molecule has 1 heterocycles. The summed E-state index contributed by atoms with van der Waals surface area (Å²) >= 11 is 5.76. The van der Waals surface area contributed by atoms with E-state index in [0.717, 1.165) is 16.3 Å². The lowest BCUT2D eigenvalue weighted by molar-refractivity contribution is 1.21. The Morgan fingerprint density at radius 1 is 1.00 bits per heavy atom. The summed E-state index contributed by atoms with van der Waals surface area (Å²) in [6.07, 6.45) is 5.05. The van der Waals surface area contributed by atoms with E-state index in [2.05, 4.69) is 9.97 Å². The SMILES string of the molecule is Clc1ccc(-c2cnccn2)cc1. The zero-order valence-corrected chi connectivity index (χ0v) is 7.57. The minimum Gasteiger partial charge on any atom is -0.261 e. The molecule has 2 rings (SSSR count). The molecule has 0 unspecified atom stereocenters. The van der Waals surface area contributed by atoms with Gasteiger partial charge >= 0.3 is 0 Å². The van der Waals surface area contributed by atoms with Crippen molar-refractivity contribution in [3.05, 3.63) is 47.9 Å². The van der Waals surface area contributed by atoms with Crippen LogP contribution in [0.4, 0.5) is 0 Å². The van der Waals surface area contributed by atoms with Crippen LogP contribution in [0.2, 0.25) is 5.02 Å². The molecule has 0 radical (unpaired) electrons. The van der Waals surface area contributed by atoms with E-state index in [1.165, 1.54) is 0 Å². The maximum absolute atomic E-state index is 5.76. The van der Waals surface area contributed by atoms with E-state index in [1.54, 1.807) is 18.6 Å². The maximum Gasteiger partial charge on any atom is 0.0885 e. The number of rotatable bonds is 1. The van der Waals surface area contributed by atoms with E-state index >= 15 is 0 Å². The standard InChI is InChI=1S/C10H7ClN2/c11-9-3-1-8(2-4-9)10-7-12-5-6-13-10/h1-7H. The molecule has 3 heteroatoms. The molecule has 1 aromatic carbocycles.